The number of carbonyl (C=O) groups excluding carboxylic acids is 2. The lowest BCUT2D eigenvalue weighted by atomic mass is 10.1. The number of rotatable bonds is 6. The molecular formula is C23H21N3O3. The van der Waals surface area contributed by atoms with Crippen LogP contribution in [0.25, 0.3) is 16.6 Å². The minimum atomic E-state index is -0.625. The van der Waals surface area contributed by atoms with Crippen LogP contribution in [-0.4, -0.2) is 33.1 Å². The molecule has 4 rings (SSSR count). The molecule has 2 aromatic carbocycles. The van der Waals surface area contributed by atoms with Crippen molar-refractivity contribution in [1.82, 2.24) is 14.8 Å². The molecule has 0 saturated heterocycles. The number of hydrogen-bond acceptors (Lipinski definition) is 4. The summed E-state index contributed by atoms with van der Waals surface area (Å²) in [5.74, 6) is -0.879. The van der Waals surface area contributed by atoms with Gasteiger partial charge in [0.2, 0.25) is 5.78 Å². The van der Waals surface area contributed by atoms with Gasteiger partial charge in [-0.1, -0.05) is 43.3 Å². The first kappa shape index (κ1) is 18.7. The van der Waals surface area contributed by atoms with Crippen LogP contribution in [0.15, 0.2) is 60.9 Å². The van der Waals surface area contributed by atoms with Gasteiger partial charge in [0, 0.05) is 28.9 Å². The number of aryl methyl sites for hydroxylation is 2. The Labute approximate surface area is 168 Å². The Morgan fingerprint density at radius 1 is 1.10 bits per heavy atom. The number of Topliss-reactive ketones (excluding diaryl/α,β-unsaturated/α-hetero) is 1. The van der Waals surface area contributed by atoms with Crippen LogP contribution in [0.4, 0.5) is 0 Å². The highest BCUT2D eigenvalue weighted by atomic mass is 16.5. The van der Waals surface area contributed by atoms with Crippen LogP contribution in [0.1, 0.15) is 38.9 Å². The molecule has 0 unspecified atom stereocenters. The fraction of sp³-hybridized carbons (Fsp3) is 0.174. The maximum Gasteiger partial charge on any atom is 0.359 e. The predicted molar refractivity (Wildman–Crippen MR) is 111 cm³/mol. The lowest BCUT2D eigenvalue weighted by molar-refractivity contribution is 0.0469. The van der Waals surface area contributed by atoms with Gasteiger partial charge in [0.25, 0.3) is 0 Å². The third-order valence-electron chi connectivity index (χ3n) is 4.98. The number of para-hydroxylation sites is 2. The molecule has 0 aliphatic carbocycles. The standard InChI is InChI=1S/C23H21N3O3/c1-3-16-8-6-9-17-18(13-24-22(16)17)21(27)14-29-23(28)19-11-12-26(25-19)20-10-5-4-7-15(20)2/h4-13,24H,3,14H2,1-2H3. The van der Waals surface area contributed by atoms with Gasteiger partial charge in [-0.05, 0) is 36.6 Å². The SMILES string of the molecule is CCc1cccc2c(C(=O)COC(=O)c3ccn(-c4ccccc4C)n3)c[nH]c12. The summed E-state index contributed by atoms with van der Waals surface area (Å²) < 4.78 is 6.85. The number of carbonyl (C=O) groups is 2. The lowest BCUT2D eigenvalue weighted by Gasteiger charge is -2.05. The first-order chi connectivity index (χ1) is 14.1. The van der Waals surface area contributed by atoms with Crippen LogP contribution in [0.3, 0.4) is 0 Å². The van der Waals surface area contributed by atoms with Crippen molar-refractivity contribution in [1.29, 1.82) is 0 Å². The average molecular weight is 387 g/mol. The lowest BCUT2D eigenvalue weighted by Crippen LogP contribution is -2.15. The number of aromatic nitrogens is 3. The maximum atomic E-state index is 12.6. The first-order valence-corrected chi connectivity index (χ1v) is 9.49. The molecule has 0 aliphatic heterocycles. The van der Waals surface area contributed by atoms with E-state index in [9.17, 15) is 9.59 Å². The van der Waals surface area contributed by atoms with E-state index in [4.69, 9.17) is 4.74 Å². The molecule has 6 nitrogen and oxygen atoms in total. The summed E-state index contributed by atoms with van der Waals surface area (Å²) >= 11 is 0. The Morgan fingerprint density at radius 3 is 2.72 bits per heavy atom. The van der Waals surface area contributed by atoms with Gasteiger partial charge in [0.05, 0.1) is 5.69 Å². The van der Waals surface area contributed by atoms with E-state index < -0.39 is 5.97 Å². The number of ketones is 1. The number of nitrogens with one attached hydrogen (secondary N) is 1. The van der Waals surface area contributed by atoms with Gasteiger partial charge < -0.3 is 9.72 Å². The topological polar surface area (TPSA) is 77.0 Å². The third-order valence-corrected chi connectivity index (χ3v) is 4.98. The van der Waals surface area contributed by atoms with Gasteiger partial charge in [-0.2, -0.15) is 5.10 Å². The number of hydrogen-bond donors (Lipinski definition) is 1. The molecule has 0 radical (unpaired) electrons. The van der Waals surface area contributed by atoms with Gasteiger partial charge in [-0.15, -0.1) is 0 Å². The van der Waals surface area contributed by atoms with Crippen molar-refractivity contribution >= 4 is 22.7 Å². The summed E-state index contributed by atoms with van der Waals surface area (Å²) in [5.41, 5.74) is 4.69. The Bertz CT molecular complexity index is 1200. The minimum Gasteiger partial charge on any atom is -0.453 e. The van der Waals surface area contributed by atoms with E-state index >= 15 is 0 Å². The quantitative estimate of drug-likeness (QED) is 0.396. The Morgan fingerprint density at radius 2 is 1.93 bits per heavy atom. The number of H-pyrrole nitrogens is 1. The van der Waals surface area contributed by atoms with Gasteiger partial charge in [-0.25, -0.2) is 9.48 Å². The van der Waals surface area contributed by atoms with E-state index in [2.05, 4.69) is 17.0 Å². The van der Waals surface area contributed by atoms with Gasteiger partial charge in [0.15, 0.2) is 12.3 Å². The summed E-state index contributed by atoms with van der Waals surface area (Å²) in [7, 11) is 0. The third kappa shape index (κ3) is 3.57. The molecule has 0 amide bonds. The van der Waals surface area contributed by atoms with Crippen LogP contribution in [0, 0.1) is 6.92 Å². The van der Waals surface area contributed by atoms with Crippen LogP contribution >= 0.6 is 0 Å². The van der Waals surface area contributed by atoms with E-state index in [0.29, 0.717) is 5.56 Å². The number of nitrogens with zero attached hydrogens (tertiary/aromatic N) is 2. The smallest absolute Gasteiger partial charge is 0.359 e. The summed E-state index contributed by atoms with van der Waals surface area (Å²) in [6, 6.07) is 15.2. The number of esters is 1. The monoisotopic (exact) mass is 387 g/mol. The molecular weight excluding hydrogens is 366 g/mol. The van der Waals surface area contributed by atoms with Crippen LogP contribution < -0.4 is 0 Å². The Balaban J connectivity index is 1.47. The molecule has 6 heteroatoms. The van der Waals surface area contributed by atoms with Crippen molar-refractivity contribution in [3.05, 3.63) is 83.3 Å². The maximum absolute atomic E-state index is 12.6. The molecule has 4 aromatic rings. The normalized spacial score (nSPS) is 11.0. The summed E-state index contributed by atoms with van der Waals surface area (Å²) in [6.45, 7) is 3.70. The molecule has 0 atom stereocenters. The molecule has 0 aliphatic rings. The van der Waals surface area contributed by atoms with Crippen LogP contribution in [-0.2, 0) is 11.2 Å². The highest BCUT2D eigenvalue weighted by Crippen LogP contribution is 2.22. The van der Waals surface area contributed by atoms with E-state index in [1.165, 1.54) is 0 Å². The molecule has 2 aromatic heterocycles. The predicted octanol–water partition coefficient (Wildman–Crippen LogP) is 4.26. The summed E-state index contributed by atoms with van der Waals surface area (Å²) in [5, 5.41) is 5.12. The van der Waals surface area contributed by atoms with Gasteiger partial charge in [-0.3, -0.25) is 4.79 Å². The van der Waals surface area contributed by atoms with E-state index in [1.54, 1.807) is 23.1 Å². The second-order valence-corrected chi connectivity index (χ2v) is 6.83. The Kier molecular flexibility index (Phi) is 4.99. The fourth-order valence-corrected chi connectivity index (χ4v) is 3.41. The molecule has 0 spiro atoms. The summed E-state index contributed by atoms with van der Waals surface area (Å²) in [4.78, 5) is 28.1. The largest absolute Gasteiger partial charge is 0.453 e. The Hall–Kier alpha value is -3.67. The number of benzene rings is 2. The van der Waals surface area contributed by atoms with Gasteiger partial charge >= 0.3 is 5.97 Å². The summed E-state index contributed by atoms with van der Waals surface area (Å²) in [6.07, 6.45) is 4.24. The number of ether oxygens (including phenoxy) is 1. The molecule has 29 heavy (non-hydrogen) atoms. The van der Waals surface area contributed by atoms with Crippen LogP contribution in [0.5, 0.6) is 0 Å². The zero-order valence-electron chi connectivity index (χ0n) is 16.3. The minimum absolute atomic E-state index is 0.160. The van der Waals surface area contributed by atoms with Gasteiger partial charge in [0.1, 0.15) is 0 Å². The average Bonchev–Trinajstić information content (AvgIpc) is 3.39. The molecule has 0 saturated carbocycles. The molecule has 2 heterocycles. The second-order valence-electron chi connectivity index (χ2n) is 6.83. The van der Waals surface area contributed by atoms with Crippen molar-refractivity contribution in [3.8, 4) is 5.69 Å². The highest BCUT2D eigenvalue weighted by molar-refractivity contribution is 6.09. The molecule has 0 bridgehead atoms. The van der Waals surface area contributed by atoms with Crippen molar-refractivity contribution < 1.29 is 14.3 Å². The van der Waals surface area contributed by atoms with Crippen molar-refractivity contribution in [2.75, 3.05) is 6.61 Å². The highest BCUT2D eigenvalue weighted by Gasteiger charge is 2.18. The first-order valence-electron chi connectivity index (χ1n) is 9.49. The number of aromatic amines is 1. The van der Waals surface area contributed by atoms with E-state index in [1.807, 2.05) is 49.4 Å². The van der Waals surface area contributed by atoms with Crippen molar-refractivity contribution in [3.63, 3.8) is 0 Å². The van der Waals surface area contributed by atoms with Crippen LogP contribution in [0.2, 0.25) is 0 Å². The molecule has 1 N–H and O–H groups in total. The van der Waals surface area contributed by atoms with Crippen molar-refractivity contribution in [2.24, 2.45) is 0 Å². The molecule has 146 valence electrons. The van der Waals surface area contributed by atoms with E-state index in [0.717, 1.165) is 34.1 Å². The zero-order valence-corrected chi connectivity index (χ0v) is 16.3. The second kappa shape index (κ2) is 7.75. The van der Waals surface area contributed by atoms with Crippen molar-refractivity contribution in [2.45, 2.75) is 20.3 Å². The van der Waals surface area contributed by atoms with E-state index in [-0.39, 0.29) is 18.1 Å². The fourth-order valence-electron chi connectivity index (χ4n) is 3.41. The number of fused-ring (bicyclic) bond motifs is 1. The molecule has 0 fully saturated rings. The zero-order chi connectivity index (χ0) is 20.4.